The van der Waals surface area contributed by atoms with Gasteiger partial charge >= 0.3 is 101 Å². The lowest BCUT2D eigenvalue weighted by atomic mass is 9.88. The molecule has 0 aliphatic carbocycles. The summed E-state index contributed by atoms with van der Waals surface area (Å²) in [6.07, 6.45) is 1.73. The minimum absolute atomic E-state index is 0.00157. The fraction of sp³-hybridized carbons (Fsp3) is 0.721. The van der Waals surface area contributed by atoms with Crippen molar-refractivity contribution in [2.45, 2.75) is 111 Å². The molecular formula is C61H97N3O31S13. The van der Waals surface area contributed by atoms with Crippen molar-refractivity contribution in [3.8, 4) is 0 Å². The van der Waals surface area contributed by atoms with E-state index in [0.29, 0.717) is 43.8 Å². The standard InChI is InChI=1S/C17H28O8S4.C16H23N3O9S2.C15H26O6S3.C13H20O8S4/c18-13(1-5-26)22-9-17(10-23-14(19)2-6-27,11-24-15(20)3-7-28)12-25-16(21)4-8-29;1-2-3-11(20)26-8-17-14(23)18(9-27-12(21)4-6-29)16(25)19(15(17)24)10-28-13(22)5-7-30;1-2-15(9-19-12(16)3-6-22,10-20-13(17)4-7-23)11-21-14(18)5-8-24;14-9(1-22)18-5-13(6-19-10(15)2-23,7-20-11(16)3-24)8-21-12(17)4-25/h26-29H,1-12H2;29-30H,2-10H2,1H3;22-24H,2-11H2,1H3;22-25H,1-8H2. The molecule has 0 saturated carbocycles. The molecule has 0 saturated heterocycles. The average molecular weight is 1790 g/mol. The van der Waals surface area contributed by atoms with Crippen LogP contribution in [0.1, 0.15) is 90.9 Å². The number of carbonyl (C=O) groups is 14. The van der Waals surface area contributed by atoms with Crippen LogP contribution in [0.4, 0.5) is 0 Å². The van der Waals surface area contributed by atoms with Crippen molar-refractivity contribution in [2.24, 2.45) is 16.2 Å². The van der Waals surface area contributed by atoms with Crippen molar-refractivity contribution in [3.05, 3.63) is 31.5 Å². The lowest BCUT2D eigenvalue weighted by Gasteiger charge is -2.31. The minimum Gasteiger partial charge on any atom is -0.465 e. The van der Waals surface area contributed by atoms with Crippen LogP contribution in [0.15, 0.2) is 14.4 Å². The largest absolute Gasteiger partial charge is 0.465 e. The van der Waals surface area contributed by atoms with Gasteiger partial charge in [0.25, 0.3) is 0 Å². The Kier molecular flexibility index (Phi) is 65.8. The summed E-state index contributed by atoms with van der Waals surface area (Å²) in [5.74, 6) is -6.07. The van der Waals surface area contributed by atoms with Gasteiger partial charge in [0.15, 0.2) is 20.2 Å². The topological polar surface area (TPSA) is 434 Å². The summed E-state index contributed by atoms with van der Waals surface area (Å²) in [6, 6.07) is 0. The maximum Gasteiger partial charge on any atom is 0.341 e. The van der Waals surface area contributed by atoms with Gasteiger partial charge in [0.1, 0.15) is 83.5 Å². The van der Waals surface area contributed by atoms with Gasteiger partial charge in [-0.2, -0.15) is 164 Å². The first kappa shape index (κ1) is 108. The van der Waals surface area contributed by atoms with Gasteiger partial charge in [-0.05, 0) is 12.8 Å². The van der Waals surface area contributed by atoms with Gasteiger partial charge in [0.2, 0.25) is 0 Å². The SMILES string of the molecule is CCC(COC(=O)CCS)(COC(=O)CCS)COC(=O)CCS.CCCC(=O)OCn1c(=O)n(COC(=O)CCS)c(=O)n(COC(=O)CCS)c1=O.O=C(CCS)OCC(COC(=O)CCS)(COC(=O)CCS)COC(=O)CCS.O=C(CS)OCC(COC(=O)CS)(COC(=O)CS)COC(=O)CS. The van der Waals surface area contributed by atoms with Crippen molar-refractivity contribution in [1.29, 1.82) is 0 Å². The predicted octanol–water partition coefficient (Wildman–Crippen LogP) is 2.38. The normalized spacial score (nSPS) is 10.8. The first-order valence-corrected chi connectivity index (χ1v) is 40.6. The Balaban J connectivity index is -0.00000137. The zero-order chi connectivity index (χ0) is 82.5. The first-order chi connectivity index (χ1) is 51.3. The van der Waals surface area contributed by atoms with E-state index < -0.39 is 137 Å². The molecule has 1 heterocycles. The molecule has 0 unspecified atom stereocenters. The van der Waals surface area contributed by atoms with Gasteiger partial charge in [0, 0.05) is 58.2 Å². The molecule has 0 aliphatic heterocycles. The molecule has 0 N–H and O–H groups in total. The molecular weight excluding hydrogens is 1690 g/mol. The lowest BCUT2D eigenvalue weighted by Crippen LogP contribution is -2.55. The van der Waals surface area contributed by atoms with Crippen molar-refractivity contribution in [2.75, 3.05) is 147 Å². The van der Waals surface area contributed by atoms with Crippen LogP contribution in [-0.4, -0.2) is 245 Å². The van der Waals surface area contributed by atoms with E-state index in [2.05, 4.69) is 164 Å². The van der Waals surface area contributed by atoms with Crippen LogP contribution < -0.4 is 17.1 Å². The van der Waals surface area contributed by atoms with Crippen molar-refractivity contribution >= 4 is 248 Å². The Morgan fingerprint density at radius 2 is 0.380 bits per heavy atom. The fourth-order valence-electron chi connectivity index (χ4n) is 6.85. The summed E-state index contributed by atoms with van der Waals surface area (Å²) in [5, 5.41) is 0. The van der Waals surface area contributed by atoms with Crippen LogP contribution in [0.25, 0.3) is 0 Å². The Morgan fingerprint density at radius 3 is 0.528 bits per heavy atom. The number of hydrogen-bond donors (Lipinski definition) is 13. The maximum atomic E-state index is 12.5. The summed E-state index contributed by atoms with van der Waals surface area (Å²) in [4.78, 5) is 200. The van der Waals surface area contributed by atoms with Gasteiger partial charge in [-0.1, -0.05) is 13.8 Å². The quantitative estimate of drug-likeness (QED) is 0.0253. The highest BCUT2D eigenvalue weighted by atomic mass is 32.1. The number of ether oxygens (including phenoxy) is 14. The smallest absolute Gasteiger partial charge is 0.341 e. The average Bonchev–Trinajstić information content (AvgIpc) is 0.785. The van der Waals surface area contributed by atoms with E-state index in [1.807, 2.05) is 6.92 Å². The molecule has 0 bridgehead atoms. The van der Waals surface area contributed by atoms with Gasteiger partial charge in [-0.15, -0.1) is 0 Å². The molecule has 0 aliphatic rings. The zero-order valence-corrected chi connectivity index (χ0v) is 71.0. The van der Waals surface area contributed by atoms with Crippen LogP contribution in [0.2, 0.25) is 0 Å². The molecule has 0 fully saturated rings. The third-order valence-electron chi connectivity index (χ3n) is 12.9. The van der Waals surface area contributed by atoms with Gasteiger partial charge in [-0.3, -0.25) is 67.1 Å². The van der Waals surface area contributed by atoms with E-state index in [-0.39, 0.29) is 194 Å². The van der Waals surface area contributed by atoms with E-state index in [9.17, 15) is 81.5 Å². The molecule has 1 aromatic heterocycles. The highest BCUT2D eigenvalue weighted by Gasteiger charge is 2.40. The maximum absolute atomic E-state index is 12.5. The number of esters is 14. The third kappa shape index (κ3) is 51.2. The fourth-order valence-corrected chi connectivity index (χ4v) is 8.86. The van der Waals surface area contributed by atoms with Crippen LogP contribution in [-0.2, 0) is 154 Å². The number of aromatic nitrogens is 3. The molecule has 34 nitrogen and oxygen atoms in total. The molecule has 620 valence electrons. The highest BCUT2D eigenvalue weighted by molar-refractivity contribution is 7.82. The van der Waals surface area contributed by atoms with E-state index in [1.54, 1.807) is 6.92 Å². The summed E-state index contributed by atoms with van der Waals surface area (Å²) in [7, 11) is 0. The predicted molar refractivity (Wildman–Crippen MR) is 432 cm³/mol. The molecule has 0 atom stereocenters. The van der Waals surface area contributed by atoms with Crippen LogP contribution >= 0.6 is 164 Å². The van der Waals surface area contributed by atoms with Gasteiger partial charge in [0.05, 0.1) is 86.2 Å². The number of rotatable bonds is 53. The number of thiol groups is 13. The van der Waals surface area contributed by atoms with Crippen LogP contribution in [0.3, 0.4) is 0 Å². The Bertz CT molecular complexity index is 2740. The number of hydrogen-bond acceptors (Lipinski definition) is 44. The van der Waals surface area contributed by atoms with E-state index >= 15 is 0 Å². The molecule has 1 rings (SSSR count). The van der Waals surface area contributed by atoms with Gasteiger partial charge < -0.3 is 66.3 Å². The Labute approximate surface area is 695 Å². The van der Waals surface area contributed by atoms with E-state index in [1.165, 1.54) is 0 Å². The third-order valence-corrected chi connectivity index (χ3v) is 16.0. The van der Waals surface area contributed by atoms with E-state index in [0.717, 1.165) is 0 Å². The summed E-state index contributed by atoms with van der Waals surface area (Å²) < 4.78 is 72.4. The number of carbonyl (C=O) groups excluding carboxylic acids is 14. The molecule has 0 spiro atoms. The van der Waals surface area contributed by atoms with Crippen LogP contribution in [0, 0.1) is 16.2 Å². The minimum atomic E-state index is -1.28. The summed E-state index contributed by atoms with van der Waals surface area (Å²) in [5.41, 5.74) is -6.80. The Hall–Kier alpha value is -4.46. The van der Waals surface area contributed by atoms with Crippen molar-refractivity contribution in [3.63, 3.8) is 0 Å². The molecule has 1 aromatic rings. The number of nitrogens with zero attached hydrogens (tertiary/aromatic N) is 3. The van der Waals surface area contributed by atoms with Crippen molar-refractivity contribution < 1.29 is 133 Å². The zero-order valence-electron chi connectivity index (χ0n) is 59.4. The van der Waals surface area contributed by atoms with Crippen molar-refractivity contribution in [1.82, 2.24) is 13.7 Å². The lowest BCUT2D eigenvalue weighted by molar-refractivity contribution is -0.172. The second kappa shape index (κ2) is 66.0. The molecule has 0 aromatic carbocycles. The van der Waals surface area contributed by atoms with E-state index in [4.69, 9.17) is 66.3 Å². The molecule has 47 heteroatoms. The molecule has 0 radical (unpaired) electrons. The van der Waals surface area contributed by atoms with Gasteiger partial charge in [-0.25, -0.2) is 28.1 Å². The first-order valence-electron chi connectivity index (χ1n) is 32.4. The molecule has 0 amide bonds. The summed E-state index contributed by atoms with van der Waals surface area (Å²) in [6.45, 7) is -1.21. The second-order valence-corrected chi connectivity index (χ2v) is 27.1. The highest BCUT2D eigenvalue weighted by Crippen LogP contribution is 2.27. The Morgan fingerprint density at radius 1 is 0.231 bits per heavy atom. The monoisotopic (exact) mass is 1780 g/mol. The molecule has 108 heavy (non-hydrogen) atoms. The van der Waals surface area contributed by atoms with Crippen LogP contribution in [0.5, 0.6) is 0 Å². The second-order valence-electron chi connectivity index (χ2n) is 21.8. The summed E-state index contributed by atoms with van der Waals surface area (Å²) >= 11 is 50.7.